The van der Waals surface area contributed by atoms with Gasteiger partial charge < -0.3 is 25.0 Å². The number of amides is 2. The average molecular weight is 570 g/mol. The molecule has 1 unspecified atom stereocenters. The van der Waals surface area contributed by atoms with Crippen LogP contribution in [0.15, 0.2) is 127 Å². The number of nitrogens with one attached hydrogen (secondary N) is 2. The van der Waals surface area contributed by atoms with Gasteiger partial charge in [-0.25, -0.2) is 0 Å². The van der Waals surface area contributed by atoms with E-state index in [9.17, 15) is 9.59 Å². The minimum Gasteiger partial charge on any atom is -0.496 e. The number of benzene rings is 5. The van der Waals surface area contributed by atoms with Crippen LogP contribution in [-0.2, 0) is 13.2 Å². The van der Waals surface area contributed by atoms with E-state index in [-0.39, 0.29) is 24.6 Å². The first-order chi connectivity index (χ1) is 21.1. The Labute approximate surface area is 250 Å². The lowest BCUT2D eigenvalue weighted by molar-refractivity contribution is 0.0666. The molecule has 5 aromatic carbocycles. The smallest absolute Gasteiger partial charge is 0.258 e. The highest BCUT2D eigenvalue weighted by molar-refractivity contribution is 6.04. The summed E-state index contributed by atoms with van der Waals surface area (Å²) in [6.45, 7) is 0.708. The Bertz CT molecular complexity index is 1720. The quantitative estimate of drug-likeness (QED) is 0.195. The summed E-state index contributed by atoms with van der Waals surface area (Å²) >= 11 is 0. The number of anilines is 2. The number of carbonyl (C=O) groups excluding carboxylic acids is 2. The second kappa shape index (κ2) is 12.5. The zero-order valence-electron chi connectivity index (χ0n) is 23.7. The van der Waals surface area contributed by atoms with Gasteiger partial charge in [0.2, 0.25) is 0 Å². The van der Waals surface area contributed by atoms with Crippen molar-refractivity contribution in [3.05, 3.63) is 155 Å². The van der Waals surface area contributed by atoms with Gasteiger partial charge in [-0.15, -0.1) is 0 Å². The van der Waals surface area contributed by atoms with Crippen LogP contribution in [0.4, 0.5) is 11.4 Å². The van der Waals surface area contributed by atoms with E-state index in [0.29, 0.717) is 34.9 Å². The van der Waals surface area contributed by atoms with Crippen LogP contribution < -0.4 is 20.1 Å². The largest absolute Gasteiger partial charge is 0.496 e. The zero-order valence-corrected chi connectivity index (χ0v) is 23.7. The molecular weight excluding hydrogens is 538 g/mol. The van der Waals surface area contributed by atoms with Crippen LogP contribution in [-0.4, -0.2) is 23.8 Å². The number of methoxy groups -OCH3 is 1. The molecule has 7 nitrogen and oxygen atoms in total. The van der Waals surface area contributed by atoms with E-state index in [4.69, 9.17) is 9.47 Å². The van der Waals surface area contributed by atoms with Crippen molar-refractivity contribution >= 4 is 23.2 Å². The summed E-state index contributed by atoms with van der Waals surface area (Å²) in [7, 11) is 1.63. The number of nitrogens with zero attached hydrogens (tertiary/aromatic N) is 1. The Morgan fingerprint density at radius 1 is 0.837 bits per heavy atom. The first-order valence-corrected chi connectivity index (χ1v) is 14.1. The molecule has 0 fully saturated rings. The first-order valence-electron chi connectivity index (χ1n) is 14.1. The van der Waals surface area contributed by atoms with Gasteiger partial charge in [-0.1, -0.05) is 66.7 Å². The van der Waals surface area contributed by atoms with Gasteiger partial charge >= 0.3 is 0 Å². The molecule has 43 heavy (non-hydrogen) atoms. The van der Waals surface area contributed by atoms with Crippen molar-refractivity contribution in [3.63, 3.8) is 0 Å². The summed E-state index contributed by atoms with van der Waals surface area (Å²) in [6, 6.07) is 39.8. The zero-order chi connectivity index (χ0) is 29.6. The highest BCUT2D eigenvalue weighted by Gasteiger charge is 2.33. The molecule has 1 atom stereocenters. The predicted molar refractivity (Wildman–Crippen MR) is 167 cm³/mol. The summed E-state index contributed by atoms with van der Waals surface area (Å²) in [5.41, 5.74) is 5.52. The van der Waals surface area contributed by atoms with Crippen LogP contribution in [0.2, 0.25) is 0 Å². The van der Waals surface area contributed by atoms with Crippen LogP contribution in [0.5, 0.6) is 11.5 Å². The van der Waals surface area contributed by atoms with Crippen LogP contribution in [0.25, 0.3) is 0 Å². The fraction of sp³-hybridized carbons (Fsp3) is 0.111. The SMILES string of the molecule is COc1ccc(C2Nc3ccccc3C(=O)N2Cc2ccccc2)cc1COc1ccc(NC(=O)c2ccccc2)cc1. The number of hydrogen-bond acceptors (Lipinski definition) is 5. The van der Waals surface area contributed by atoms with E-state index < -0.39 is 0 Å². The van der Waals surface area contributed by atoms with Crippen molar-refractivity contribution in [2.45, 2.75) is 19.3 Å². The molecule has 0 saturated heterocycles. The molecule has 0 saturated carbocycles. The molecule has 7 heteroatoms. The third-order valence-electron chi connectivity index (χ3n) is 7.38. The van der Waals surface area contributed by atoms with E-state index in [1.165, 1.54) is 0 Å². The Hall–Kier alpha value is -5.56. The number of fused-ring (bicyclic) bond motifs is 1. The minimum atomic E-state index is -0.389. The minimum absolute atomic E-state index is 0.0312. The van der Waals surface area contributed by atoms with Crippen molar-refractivity contribution in [1.82, 2.24) is 4.90 Å². The second-order valence-electron chi connectivity index (χ2n) is 10.2. The van der Waals surface area contributed by atoms with Crippen LogP contribution in [0, 0.1) is 0 Å². The lowest BCUT2D eigenvalue weighted by atomic mass is 10.0. The van der Waals surface area contributed by atoms with Crippen LogP contribution >= 0.6 is 0 Å². The molecule has 0 bridgehead atoms. The normalized spacial score (nSPS) is 13.9. The maximum absolute atomic E-state index is 13.7. The molecule has 2 N–H and O–H groups in total. The van der Waals surface area contributed by atoms with Gasteiger partial charge in [0.15, 0.2) is 0 Å². The third-order valence-corrected chi connectivity index (χ3v) is 7.38. The summed E-state index contributed by atoms with van der Waals surface area (Å²) in [4.78, 5) is 28.0. The predicted octanol–water partition coefficient (Wildman–Crippen LogP) is 7.29. The lowest BCUT2D eigenvalue weighted by Crippen LogP contribution is -2.42. The second-order valence-corrected chi connectivity index (χ2v) is 10.2. The summed E-state index contributed by atoms with van der Waals surface area (Å²) in [5, 5.41) is 6.47. The van der Waals surface area contributed by atoms with Gasteiger partial charge in [0.25, 0.3) is 11.8 Å². The molecule has 1 aliphatic heterocycles. The molecule has 0 radical (unpaired) electrons. The molecule has 6 rings (SSSR count). The highest BCUT2D eigenvalue weighted by Crippen LogP contribution is 2.36. The molecule has 214 valence electrons. The fourth-order valence-electron chi connectivity index (χ4n) is 5.17. The van der Waals surface area contributed by atoms with Crippen molar-refractivity contribution in [1.29, 1.82) is 0 Å². The van der Waals surface area contributed by atoms with Crippen molar-refractivity contribution in [2.24, 2.45) is 0 Å². The van der Waals surface area contributed by atoms with Crippen molar-refractivity contribution < 1.29 is 19.1 Å². The number of rotatable bonds is 9. The van der Waals surface area contributed by atoms with Crippen molar-refractivity contribution in [2.75, 3.05) is 17.7 Å². The Balaban J connectivity index is 1.21. The summed E-state index contributed by atoms with van der Waals surface area (Å²) in [5.74, 6) is 1.13. The van der Waals surface area contributed by atoms with Gasteiger partial charge in [0.05, 0.1) is 12.7 Å². The maximum Gasteiger partial charge on any atom is 0.258 e. The van der Waals surface area contributed by atoms with Gasteiger partial charge in [-0.2, -0.15) is 0 Å². The maximum atomic E-state index is 13.7. The lowest BCUT2D eigenvalue weighted by Gasteiger charge is -2.38. The van der Waals surface area contributed by atoms with Gasteiger partial charge in [-0.3, -0.25) is 9.59 Å². The molecule has 0 aromatic heterocycles. The molecule has 1 aliphatic rings. The van der Waals surface area contributed by atoms with E-state index in [2.05, 4.69) is 10.6 Å². The summed E-state index contributed by atoms with van der Waals surface area (Å²) in [6.07, 6.45) is -0.389. The number of carbonyl (C=O) groups is 2. The van der Waals surface area contributed by atoms with E-state index in [1.807, 2.05) is 108 Å². The van der Waals surface area contributed by atoms with E-state index >= 15 is 0 Å². The summed E-state index contributed by atoms with van der Waals surface area (Å²) < 4.78 is 11.8. The number of para-hydroxylation sites is 1. The Morgan fingerprint density at radius 2 is 1.53 bits per heavy atom. The molecule has 1 heterocycles. The standard InChI is InChI=1S/C36H31N3O4/c1-42-33-21-16-27(34-38-32-15-9-8-14-31(32)36(41)39(34)23-25-10-4-2-5-11-25)22-28(33)24-43-30-19-17-29(18-20-30)37-35(40)26-12-6-3-7-13-26/h2-22,34,38H,23-24H2,1H3,(H,37,40). The fourth-order valence-corrected chi connectivity index (χ4v) is 5.17. The van der Waals surface area contributed by atoms with Crippen LogP contribution in [0.1, 0.15) is 43.6 Å². The monoisotopic (exact) mass is 569 g/mol. The molecule has 5 aromatic rings. The molecular formula is C36H31N3O4. The van der Waals surface area contributed by atoms with Gasteiger partial charge in [0, 0.05) is 29.0 Å². The topological polar surface area (TPSA) is 79.9 Å². The van der Waals surface area contributed by atoms with Crippen LogP contribution in [0.3, 0.4) is 0 Å². The molecule has 2 amide bonds. The first kappa shape index (κ1) is 27.6. The highest BCUT2D eigenvalue weighted by atomic mass is 16.5. The number of ether oxygens (including phenoxy) is 2. The van der Waals surface area contributed by atoms with Gasteiger partial charge in [-0.05, 0) is 71.8 Å². The Kier molecular flexibility index (Phi) is 8.04. The molecule has 0 aliphatic carbocycles. The van der Waals surface area contributed by atoms with Crippen molar-refractivity contribution in [3.8, 4) is 11.5 Å². The molecule has 0 spiro atoms. The Morgan fingerprint density at radius 3 is 2.28 bits per heavy atom. The number of hydrogen-bond donors (Lipinski definition) is 2. The average Bonchev–Trinajstić information content (AvgIpc) is 3.06. The van der Waals surface area contributed by atoms with E-state index in [0.717, 1.165) is 22.4 Å². The van der Waals surface area contributed by atoms with Gasteiger partial charge in [0.1, 0.15) is 24.3 Å². The van der Waals surface area contributed by atoms with E-state index in [1.54, 1.807) is 31.4 Å². The third kappa shape index (κ3) is 6.21.